The maximum atomic E-state index is 12.9. The van der Waals surface area contributed by atoms with Gasteiger partial charge in [0.25, 0.3) is 0 Å². The van der Waals surface area contributed by atoms with Crippen LogP contribution in [0.2, 0.25) is 0 Å². The van der Waals surface area contributed by atoms with Gasteiger partial charge in [-0.3, -0.25) is 9.48 Å². The number of nitriles is 1. The summed E-state index contributed by atoms with van der Waals surface area (Å²) in [5.41, 5.74) is 1.13. The largest absolute Gasteiger partial charge is 0.444 e. The topological polar surface area (TPSA) is 91.5 Å². The highest BCUT2D eigenvalue weighted by molar-refractivity contribution is 5.81. The molecule has 1 aromatic rings. The number of rotatable bonds is 2. The van der Waals surface area contributed by atoms with E-state index in [0.29, 0.717) is 13.1 Å². The second-order valence-electron chi connectivity index (χ2n) is 7.65. The number of hydrogen-bond acceptors (Lipinski definition) is 5. The van der Waals surface area contributed by atoms with E-state index < -0.39 is 23.8 Å². The molecule has 8 nitrogen and oxygen atoms in total. The zero-order chi connectivity index (χ0) is 19.6. The lowest BCUT2D eigenvalue weighted by Crippen LogP contribution is -2.57. The number of carbonyl (C=O) groups is 2. The summed E-state index contributed by atoms with van der Waals surface area (Å²) < 4.78 is 7.03. The Morgan fingerprint density at radius 3 is 2.50 bits per heavy atom. The smallest absolute Gasteiger partial charge is 0.410 e. The molecule has 2 atom stereocenters. The monoisotopic (exact) mass is 361 g/mol. The van der Waals surface area contributed by atoms with Gasteiger partial charge in [-0.25, -0.2) is 4.79 Å². The second-order valence-corrected chi connectivity index (χ2v) is 7.65. The van der Waals surface area contributed by atoms with E-state index in [0.717, 1.165) is 11.4 Å². The van der Waals surface area contributed by atoms with Crippen molar-refractivity contribution in [2.24, 2.45) is 0 Å². The summed E-state index contributed by atoms with van der Waals surface area (Å²) in [6.07, 6.45) is -0.462. The predicted molar refractivity (Wildman–Crippen MR) is 95.3 cm³/mol. The Kier molecular flexibility index (Phi) is 5.59. The molecule has 0 radical (unpaired) electrons. The normalized spacial score (nSPS) is 19.0. The maximum Gasteiger partial charge on any atom is 0.410 e. The lowest BCUT2D eigenvalue weighted by Gasteiger charge is -2.39. The minimum atomic E-state index is -0.705. The summed E-state index contributed by atoms with van der Waals surface area (Å²) in [5.74, 6) is -0.174. The van der Waals surface area contributed by atoms with Crippen molar-refractivity contribution in [1.29, 1.82) is 5.26 Å². The fraction of sp³-hybridized carbons (Fsp3) is 0.667. The van der Waals surface area contributed by atoms with Gasteiger partial charge in [-0.05, 0) is 47.6 Å². The molecule has 2 rings (SSSR count). The van der Waals surface area contributed by atoms with Gasteiger partial charge in [0.15, 0.2) is 0 Å². The molecule has 26 heavy (non-hydrogen) atoms. The van der Waals surface area contributed by atoms with Crippen molar-refractivity contribution in [3.8, 4) is 6.07 Å². The van der Waals surface area contributed by atoms with E-state index in [1.54, 1.807) is 32.4 Å². The number of amides is 2. The molecule has 1 saturated heterocycles. The molecule has 1 aliphatic rings. The minimum Gasteiger partial charge on any atom is -0.444 e. The van der Waals surface area contributed by atoms with Gasteiger partial charge < -0.3 is 14.5 Å². The van der Waals surface area contributed by atoms with E-state index in [-0.39, 0.29) is 12.5 Å². The van der Waals surface area contributed by atoms with Gasteiger partial charge in [0, 0.05) is 18.8 Å². The Bertz CT molecular complexity index is 728. The minimum absolute atomic E-state index is 0.140. The van der Waals surface area contributed by atoms with E-state index >= 15 is 0 Å². The quantitative estimate of drug-likeness (QED) is 0.804. The van der Waals surface area contributed by atoms with E-state index in [9.17, 15) is 14.9 Å². The summed E-state index contributed by atoms with van der Waals surface area (Å²) in [4.78, 5) is 28.2. The summed E-state index contributed by atoms with van der Waals surface area (Å²) in [6, 6.07) is 2.83. The molecule has 1 aromatic heterocycles. The number of carbonyl (C=O) groups excluding carboxylic acids is 2. The van der Waals surface area contributed by atoms with Gasteiger partial charge in [-0.1, -0.05) is 0 Å². The Morgan fingerprint density at radius 2 is 2.00 bits per heavy atom. The third kappa shape index (κ3) is 4.34. The average Bonchev–Trinajstić information content (AvgIpc) is 2.89. The van der Waals surface area contributed by atoms with Crippen LogP contribution in [0.4, 0.5) is 4.79 Å². The first kappa shape index (κ1) is 19.8. The Morgan fingerprint density at radius 1 is 1.35 bits per heavy atom. The van der Waals surface area contributed by atoms with Crippen molar-refractivity contribution in [2.45, 2.75) is 59.2 Å². The van der Waals surface area contributed by atoms with Crippen molar-refractivity contribution < 1.29 is 14.3 Å². The van der Waals surface area contributed by atoms with Crippen LogP contribution < -0.4 is 0 Å². The molecular weight excluding hydrogens is 334 g/mol. The summed E-state index contributed by atoms with van der Waals surface area (Å²) >= 11 is 0. The molecule has 0 aliphatic carbocycles. The number of aromatic nitrogens is 2. The number of hydrogen-bond donors (Lipinski definition) is 0. The first-order chi connectivity index (χ1) is 12.0. The third-order valence-electron chi connectivity index (χ3n) is 4.23. The van der Waals surface area contributed by atoms with Crippen molar-refractivity contribution in [3.05, 3.63) is 17.5 Å². The molecule has 2 amide bonds. The average molecular weight is 361 g/mol. The highest BCUT2D eigenvalue weighted by Gasteiger charge is 2.36. The molecule has 142 valence electrons. The van der Waals surface area contributed by atoms with E-state index in [1.165, 1.54) is 9.80 Å². The summed E-state index contributed by atoms with van der Waals surface area (Å²) in [7, 11) is 0. The fourth-order valence-corrected chi connectivity index (χ4v) is 3.03. The van der Waals surface area contributed by atoms with Crippen molar-refractivity contribution in [3.63, 3.8) is 0 Å². The van der Waals surface area contributed by atoms with E-state index in [2.05, 4.69) is 11.2 Å². The number of nitrogens with zero attached hydrogens (tertiary/aromatic N) is 5. The zero-order valence-corrected chi connectivity index (χ0v) is 16.3. The number of piperazine rings is 1. The van der Waals surface area contributed by atoms with E-state index in [1.807, 2.05) is 19.9 Å². The molecule has 0 saturated carbocycles. The van der Waals surface area contributed by atoms with Crippen LogP contribution >= 0.6 is 0 Å². The molecule has 2 unspecified atom stereocenters. The lowest BCUT2D eigenvalue weighted by molar-refractivity contribution is -0.138. The molecule has 2 heterocycles. The predicted octanol–water partition coefficient (Wildman–Crippen LogP) is 2.03. The van der Waals surface area contributed by atoms with Crippen LogP contribution in [-0.2, 0) is 9.53 Å². The molecule has 8 heteroatoms. The Hall–Kier alpha value is -2.56. The molecule has 0 N–H and O–H groups in total. The van der Waals surface area contributed by atoms with Crippen LogP contribution in [-0.4, -0.2) is 62.9 Å². The Labute approximate surface area is 154 Å². The molecular formula is C18H27N5O3. The lowest BCUT2D eigenvalue weighted by atomic mass is 10.1. The molecule has 1 aliphatic heterocycles. The SMILES string of the molecule is Cc1cc(C)n(C(C)C(=O)N2CCN(C(=O)OC(C)(C)C)CC2C#N)n1. The Balaban J connectivity index is 2.09. The number of ether oxygens (including phenoxy) is 1. The van der Waals surface area contributed by atoms with Gasteiger partial charge in [0.1, 0.15) is 17.7 Å². The maximum absolute atomic E-state index is 12.9. The van der Waals surface area contributed by atoms with Crippen LogP contribution in [0.25, 0.3) is 0 Å². The zero-order valence-electron chi connectivity index (χ0n) is 16.3. The highest BCUT2D eigenvalue weighted by Crippen LogP contribution is 2.19. The van der Waals surface area contributed by atoms with Gasteiger partial charge in [0.2, 0.25) is 5.91 Å². The standard InChI is InChI=1S/C18H27N5O3/c1-12-9-13(2)23(20-12)14(3)16(24)22-8-7-21(11-15(22)10-19)17(25)26-18(4,5)6/h9,14-15H,7-8,11H2,1-6H3. The van der Waals surface area contributed by atoms with Gasteiger partial charge in [-0.15, -0.1) is 0 Å². The van der Waals surface area contributed by atoms with E-state index in [4.69, 9.17) is 4.74 Å². The second kappa shape index (κ2) is 7.36. The van der Waals surface area contributed by atoms with Gasteiger partial charge in [0.05, 0.1) is 18.3 Å². The summed E-state index contributed by atoms with van der Waals surface area (Å²) in [6.45, 7) is 11.7. The first-order valence-corrected chi connectivity index (χ1v) is 8.74. The van der Waals surface area contributed by atoms with Gasteiger partial charge in [-0.2, -0.15) is 10.4 Å². The summed E-state index contributed by atoms with van der Waals surface area (Å²) in [5, 5.41) is 13.9. The highest BCUT2D eigenvalue weighted by atomic mass is 16.6. The molecule has 1 fully saturated rings. The van der Waals surface area contributed by atoms with Gasteiger partial charge >= 0.3 is 6.09 Å². The van der Waals surface area contributed by atoms with Crippen LogP contribution in [0, 0.1) is 25.2 Å². The van der Waals surface area contributed by atoms with Crippen molar-refractivity contribution in [1.82, 2.24) is 19.6 Å². The number of aryl methyl sites for hydroxylation is 2. The van der Waals surface area contributed by atoms with Crippen molar-refractivity contribution >= 4 is 12.0 Å². The molecule has 0 spiro atoms. The fourth-order valence-electron chi connectivity index (χ4n) is 3.03. The van der Waals surface area contributed by atoms with Crippen molar-refractivity contribution in [2.75, 3.05) is 19.6 Å². The van der Waals surface area contributed by atoms with Crippen LogP contribution in [0.1, 0.15) is 45.1 Å². The van der Waals surface area contributed by atoms with Crippen LogP contribution in [0.3, 0.4) is 0 Å². The molecule has 0 aromatic carbocycles. The third-order valence-corrected chi connectivity index (χ3v) is 4.23. The van der Waals surface area contributed by atoms with Crippen LogP contribution in [0.5, 0.6) is 0 Å². The first-order valence-electron chi connectivity index (χ1n) is 8.74. The van der Waals surface area contributed by atoms with Crippen LogP contribution in [0.15, 0.2) is 6.07 Å². The molecule has 0 bridgehead atoms.